The molecule has 1 aromatic heterocycles. The molecule has 1 aromatic rings. The summed E-state index contributed by atoms with van der Waals surface area (Å²) in [4.78, 5) is 5.21. The minimum atomic E-state index is -4.58. The normalized spacial score (nSPS) is 15.9. The van der Waals surface area contributed by atoms with Crippen molar-refractivity contribution in [2.75, 3.05) is 6.54 Å². The molecule has 0 saturated heterocycles. The average molecular weight is 268 g/mol. The Labute approximate surface area is 102 Å². The lowest BCUT2D eigenvalue weighted by molar-refractivity contribution is -0.202. The molecule has 0 amide bonds. The average Bonchev–Trinajstić information content (AvgIpc) is 2.72. The number of halogens is 3. The molecule has 0 radical (unpaired) electrons. The second-order valence-electron chi connectivity index (χ2n) is 3.71. The lowest BCUT2D eigenvalue weighted by atomic mass is 10.3. The number of hydrogen-bond acceptors (Lipinski definition) is 4. The van der Waals surface area contributed by atoms with Gasteiger partial charge in [0, 0.05) is 17.6 Å². The second kappa shape index (κ2) is 5.79. The van der Waals surface area contributed by atoms with Crippen LogP contribution in [0.2, 0.25) is 0 Å². The minimum Gasteiger partial charge on any atom is -0.382 e. The molecule has 0 spiro atoms. The number of aliphatic hydroxyl groups is 1. The van der Waals surface area contributed by atoms with Crippen molar-refractivity contribution in [3.63, 3.8) is 0 Å². The fourth-order valence-corrected chi connectivity index (χ4v) is 2.06. The molecule has 98 valence electrons. The molecular formula is C10H15F3N2OS. The van der Waals surface area contributed by atoms with Crippen molar-refractivity contribution in [3.8, 4) is 0 Å². The van der Waals surface area contributed by atoms with E-state index in [-0.39, 0.29) is 6.04 Å². The van der Waals surface area contributed by atoms with Crippen molar-refractivity contribution in [1.29, 1.82) is 0 Å². The Morgan fingerprint density at radius 1 is 1.53 bits per heavy atom. The molecule has 2 N–H and O–H groups in total. The Kier molecular flexibility index (Phi) is 4.91. The van der Waals surface area contributed by atoms with Crippen LogP contribution < -0.4 is 5.32 Å². The third-order valence-electron chi connectivity index (χ3n) is 2.29. The van der Waals surface area contributed by atoms with E-state index in [2.05, 4.69) is 10.3 Å². The fourth-order valence-electron chi connectivity index (χ4n) is 1.18. The summed E-state index contributed by atoms with van der Waals surface area (Å²) in [6, 6.07) is -0.294. The van der Waals surface area contributed by atoms with Crippen LogP contribution in [-0.2, 0) is 6.42 Å². The molecule has 0 fully saturated rings. The van der Waals surface area contributed by atoms with Gasteiger partial charge in [-0.15, -0.1) is 11.3 Å². The second-order valence-corrected chi connectivity index (χ2v) is 4.85. The highest BCUT2D eigenvalue weighted by Gasteiger charge is 2.38. The van der Waals surface area contributed by atoms with Crippen LogP contribution in [0.4, 0.5) is 13.2 Å². The summed E-state index contributed by atoms with van der Waals surface area (Å²) in [5.74, 6) is 0. The van der Waals surface area contributed by atoms with Crippen molar-refractivity contribution in [3.05, 3.63) is 16.1 Å². The van der Waals surface area contributed by atoms with Gasteiger partial charge in [-0.3, -0.25) is 0 Å². The van der Waals surface area contributed by atoms with Gasteiger partial charge in [-0.05, 0) is 13.3 Å². The number of rotatable bonds is 5. The third-order valence-corrected chi connectivity index (χ3v) is 3.61. The van der Waals surface area contributed by atoms with Crippen molar-refractivity contribution in [2.24, 2.45) is 0 Å². The Bertz CT molecular complexity index is 354. The molecule has 0 aliphatic rings. The maximum atomic E-state index is 12.1. The van der Waals surface area contributed by atoms with Crippen LogP contribution in [0.3, 0.4) is 0 Å². The van der Waals surface area contributed by atoms with Crippen molar-refractivity contribution < 1.29 is 18.3 Å². The molecule has 0 aliphatic carbocycles. The van der Waals surface area contributed by atoms with E-state index in [4.69, 9.17) is 5.11 Å². The van der Waals surface area contributed by atoms with Gasteiger partial charge in [-0.25, -0.2) is 4.98 Å². The Hall–Kier alpha value is -0.660. The van der Waals surface area contributed by atoms with Gasteiger partial charge in [0.15, 0.2) is 6.10 Å². The topological polar surface area (TPSA) is 45.2 Å². The largest absolute Gasteiger partial charge is 0.415 e. The maximum absolute atomic E-state index is 12.1. The van der Waals surface area contributed by atoms with Crippen LogP contribution in [-0.4, -0.2) is 28.9 Å². The predicted octanol–water partition coefficient (Wildman–Crippen LogP) is 2.28. The number of nitrogens with zero attached hydrogens (tertiary/aromatic N) is 1. The smallest absolute Gasteiger partial charge is 0.382 e. The summed E-state index contributed by atoms with van der Waals surface area (Å²) < 4.78 is 36.2. The number of aryl methyl sites for hydroxylation is 1. The van der Waals surface area contributed by atoms with Crippen LogP contribution in [0.25, 0.3) is 0 Å². The van der Waals surface area contributed by atoms with E-state index in [0.717, 1.165) is 16.3 Å². The Morgan fingerprint density at radius 3 is 2.65 bits per heavy atom. The van der Waals surface area contributed by atoms with Crippen LogP contribution in [0.1, 0.15) is 29.8 Å². The van der Waals surface area contributed by atoms with Gasteiger partial charge >= 0.3 is 6.18 Å². The molecule has 2 unspecified atom stereocenters. The molecule has 0 aliphatic heterocycles. The van der Waals surface area contributed by atoms with Crippen LogP contribution in [0.5, 0.6) is 0 Å². The van der Waals surface area contributed by atoms with E-state index in [1.165, 1.54) is 11.3 Å². The first-order valence-corrected chi connectivity index (χ1v) is 6.09. The van der Waals surface area contributed by atoms with Crippen LogP contribution >= 0.6 is 11.3 Å². The molecule has 2 atom stereocenters. The first-order valence-electron chi connectivity index (χ1n) is 5.27. The van der Waals surface area contributed by atoms with Gasteiger partial charge in [0.25, 0.3) is 0 Å². The molecule has 17 heavy (non-hydrogen) atoms. The summed E-state index contributed by atoms with van der Waals surface area (Å²) >= 11 is 1.46. The lowest BCUT2D eigenvalue weighted by Crippen LogP contribution is -2.39. The summed E-state index contributed by atoms with van der Waals surface area (Å²) in [6.07, 6.45) is -4.34. The summed E-state index contributed by atoms with van der Waals surface area (Å²) in [5, 5.41) is 12.2. The van der Waals surface area contributed by atoms with Crippen molar-refractivity contribution >= 4 is 11.3 Å². The van der Waals surface area contributed by atoms with E-state index < -0.39 is 18.8 Å². The Balaban J connectivity index is 2.47. The highest BCUT2D eigenvalue weighted by Crippen LogP contribution is 2.22. The predicted molar refractivity (Wildman–Crippen MR) is 60.0 cm³/mol. The van der Waals surface area contributed by atoms with Gasteiger partial charge in [0.05, 0.1) is 6.04 Å². The molecule has 0 bridgehead atoms. The summed E-state index contributed by atoms with van der Waals surface area (Å²) in [6.45, 7) is 3.19. The van der Waals surface area contributed by atoms with Gasteiger partial charge in [0.1, 0.15) is 5.01 Å². The van der Waals surface area contributed by atoms with Gasteiger partial charge in [-0.2, -0.15) is 13.2 Å². The van der Waals surface area contributed by atoms with E-state index in [1.54, 1.807) is 13.1 Å². The Morgan fingerprint density at radius 2 is 2.18 bits per heavy atom. The van der Waals surface area contributed by atoms with Gasteiger partial charge in [0.2, 0.25) is 0 Å². The number of aliphatic hydroxyl groups excluding tert-OH is 1. The maximum Gasteiger partial charge on any atom is 0.415 e. The lowest BCUT2D eigenvalue weighted by Gasteiger charge is -2.17. The molecule has 3 nitrogen and oxygen atoms in total. The molecular weight excluding hydrogens is 253 g/mol. The highest BCUT2D eigenvalue weighted by molar-refractivity contribution is 7.11. The quantitative estimate of drug-likeness (QED) is 0.861. The number of thiazole rings is 1. The first kappa shape index (κ1) is 14.4. The van der Waals surface area contributed by atoms with Crippen molar-refractivity contribution in [2.45, 2.75) is 38.6 Å². The fraction of sp³-hybridized carbons (Fsp3) is 0.700. The molecule has 0 aromatic carbocycles. The van der Waals surface area contributed by atoms with Crippen molar-refractivity contribution in [1.82, 2.24) is 10.3 Å². The summed E-state index contributed by atoms with van der Waals surface area (Å²) in [7, 11) is 0. The minimum absolute atomic E-state index is 0.294. The monoisotopic (exact) mass is 268 g/mol. The zero-order valence-electron chi connectivity index (χ0n) is 9.58. The molecule has 7 heteroatoms. The zero-order valence-corrected chi connectivity index (χ0v) is 10.4. The zero-order chi connectivity index (χ0) is 13.1. The third kappa shape index (κ3) is 4.25. The SMILES string of the molecule is CCc1cnc(C(C)NCC(O)C(F)(F)F)s1. The van der Waals surface area contributed by atoms with E-state index in [1.807, 2.05) is 6.92 Å². The molecule has 1 heterocycles. The highest BCUT2D eigenvalue weighted by atomic mass is 32.1. The van der Waals surface area contributed by atoms with Crippen LogP contribution in [0, 0.1) is 0 Å². The summed E-state index contributed by atoms with van der Waals surface area (Å²) in [5.41, 5.74) is 0. The standard InChI is InChI=1S/C10H15F3N2OS/c1-3-7-4-15-9(17-7)6(2)14-5-8(16)10(11,12)13/h4,6,8,14,16H,3,5H2,1-2H3. The molecule has 0 saturated carbocycles. The van der Waals surface area contributed by atoms with Crippen LogP contribution in [0.15, 0.2) is 6.20 Å². The number of nitrogens with one attached hydrogen (secondary N) is 1. The molecule has 1 rings (SSSR count). The number of hydrogen-bond donors (Lipinski definition) is 2. The van der Waals surface area contributed by atoms with E-state index in [9.17, 15) is 13.2 Å². The van der Waals surface area contributed by atoms with E-state index >= 15 is 0 Å². The van der Waals surface area contributed by atoms with E-state index in [0.29, 0.717) is 0 Å². The van der Waals surface area contributed by atoms with Gasteiger partial charge in [-0.1, -0.05) is 6.92 Å². The van der Waals surface area contributed by atoms with Gasteiger partial charge < -0.3 is 10.4 Å². The number of alkyl halides is 3. The number of aromatic nitrogens is 1. The first-order chi connectivity index (χ1) is 7.84.